The van der Waals surface area contributed by atoms with Crippen molar-refractivity contribution in [3.05, 3.63) is 53.7 Å². The van der Waals surface area contributed by atoms with Gasteiger partial charge in [-0.2, -0.15) is 0 Å². The van der Waals surface area contributed by atoms with Crippen LogP contribution in [0.25, 0.3) is 0 Å². The van der Waals surface area contributed by atoms with Gasteiger partial charge in [0, 0.05) is 25.4 Å². The summed E-state index contributed by atoms with van der Waals surface area (Å²) < 4.78 is 5.70. The quantitative estimate of drug-likeness (QED) is 0.733. The maximum atomic E-state index is 8.88. The third-order valence-corrected chi connectivity index (χ3v) is 3.10. The highest BCUT2D eigenvalue weighted by atomic mass is 16.5. The van der Waals surface area contributed by atoms with E-state index in [1.54, 1.807) is 0 Å². The molecule has 0 fully saturated rings. The van der Waals surface area contributed by atoms with Crippen LogP contribution in [0.5, 0.6) is 11.6 Å². The van der Waals surface area contributed by atoms with Gasteiger partial charge >= 0.3 is 0 Å². The molecular weight excluding hydrogens is 264 g/mol. The third-order valence-electron chi connectivity index (χ3n) is 3.10. The van der Waals surface area contributed by atoms with Gasteiger partial charge in [0.25, 0.3) is 0 Å². The number of aliphatic hydroxyl groups is 1. The van der Waals surface area contributed by atoms with Gasteiger partial charge in [0.05, 0.1) is 0 Å². The molecule has 0 bridgehead atoms. The van der Waals surface area contributed by atoms with Crippen molar-refractivity contribution < 1.29 is 9.84 Å². The summed E-state index contributed by atoms with van der Waals surface area (Å²) in [5, 5.41) is 12.2. The first-order chi connectivity index (χ1) is 10.3. The summed E-state index contributed by atoms with van der Waals surface area (Å²) in [6.45, 7) is 4.15. The number of nitrogens with one attached hydrogen (secondary N) is 1. The maximum Gasteiger partial charge on any atom is 0.219 e. The SMILES string of the molecule is CCCNCc1ccc(Oc2ccc(CCO)cc2)nc1. The standard InChI is InChI=1S/C17H22N2O2/c1-2-10-18-12-15-5-8-17(19-13-15)21-16-6-3-14(4-7-16)9-11-20/h3-8,13,18,20H,2,9-12H2,1H3. The molecular formula is C17H22N2O2. The summed E-state index contributed by atoms with van der Waals surface area (Å²) in [5.74, 6) is 1.34. The summed E-state index contributed by atoms with van der Waals surface area (Å²) in [4.78, 5) is 4.31. The molecule has 0 atom stereocenters. The van der Waals surface area contributed by atoms with Crippen molar-refractivity contribution in [1.29, 1.82) is 0 Å². The minimum absolute atomic E-state index is 0.162. The molecule has 1 heterocycles. The molecule has 2 N–H and O–H groups in total. The summed E-state index contributed by atoms with van der Waals surface area (Å²) in [5.41, 5.74) is 2.24. The minimum atomic E-state index is 0.162. The van der Waals surface area contributed by atoms with Crippen molar-refractivity contribution in [3.63, 3.8) is 0 Å². The van der Waals surface area contributed by atoms with E-state index in [1.165, 1.54) is 0 Å². The number of ether oxygens (including phenoxy) is 1. The molecule has 0 unspecified atom stereocenters. The Hall–Kier alpha value is -1.91. The Morgan fingerprint density at radius 1 is 1.10 bits per heavy atom. The Kier molecular flexibility index (Phi) is 6.19. The molecule has 1 aromatic heterocycles. The number of rotatable bonds is 8. The highest BCUT2D eigenvalue weighted by Crippen LogP contribution is 2.20. The van der Waals surface area contributed by atoms with E-state index in [1.807, 2.05) is 42.6 Å². The fourth-order valence-corrected chi connectivity index (χ4v) is 1.96. The molecule has 0 amide bonds. The van der Waals surface area contributed by atoms with Crippen molar-refractivity contribution in [2.75, 3.05) is 13.2 Å². The van der Waals surface area contributed by atoms with Crippen LogP contribution in [-0.4, -0.2) is 23.2 Å². The maximum absolute atomic E-state index is 8.88. The fraction of sp³-hybridized carbons (Fsp3) is 0.353. The monoisotopic (exact) mass is 286 g/mol. The second-order valence-corrected chi connectivity index (χ2v) is 4.90. The van der Waals surface area contributed by atoms with Crippen LogP contribution in [0.4, 0.5) is 0 Å². The Bertz CT molecular complexity index is 523. The Morgan fingerprint density at radius 2 is 1.86 bits per heavy atom. The first kappa shape index (κ1) is 15.5. The molecule has 0 saturated carbocycles. The minimum Gasteiger partial charge on any atom is -0.439 e. The topological polar surface area (TPSA) is 54.4 Å². The first-order valence-corrected chi connectivity index (χ1v) is 7.35. The average molecular weight is 286 g/mol. The lowest BCUT2D eigenvalue weighted by Crippen LogP contribution is -2.13. The van der Waals surface area contributed by atoms with Gasteiger partial charge in [0.15, 0.2) is 0 Å². The van der Waals surface area contributed by atoms with Gasteiger partial charge in [-0.25, -0.2) is 4.98 Å². The molecule has 0 aliphatic rings. The van der Waals surface area contributed by atoms with E-state index in [-0.39, 0.29) is 6.61 Å². The van der Waals surface area contributed by atoms with E-state index in [4.69, 9.17) is 9.84 Å². The largest absolute Gasteiger partial charge is 0.439 e. The first-order valence-electron chi connectivity index (χ1n) is 7.35. The van der Waals surface area contributed by atoms with Gasteiger partial charge in [0.2, 0.25) is 5.88 Å². The predicted octanol–water partition coefficient (Wildman–Crippen LogP) is 2.91. The van der Waals surface area contributed by atoms with Gasteiger partial charge in [0.1, 0.15) is 5.75 Å². The number of aliphatic hydroxyl groups excluding tert-OH is 1. The molecule has 1 aromatic carbocycles. The molecule has 112 valence electrons. The zero-order chi connectivity index (χ0) is 14.9. The van der Waals surface area contributed by atoms with E-state index in [9.17, 15) is 0 Å². The van der Waals surface area contributed by atoms with E-state index >= 15 is 0 Å². The number of benzene rings is 1. The van der Waals surface area contributed by atoms with E-state index in [2.05, 4.69) is 17.2 Å². The van der Waals surface area contributed by atoms with E-state index in [0.717, 1.165) is 36.4 Å². The van der Waals surface area contributed by atoms with Gasteiger partial charge in [-0.1, -0.05) is 25.1 Å². The van der Waals surface area contributed by atoms with Crippen LogP contribution in [0.3, 0.4) is 0 Å². The molecule has 2 rings (SSSR count). The van der Waals surface area contributed by atoms with Crippen LogP contribution in [0.15, 0.2) is 42.6 Å². The number of hydrogen-bond donors (Lipinski definition) is 2. The highest BCUT2D eigenvalue weighted by Gasteiger charge is 2.00. The Labute approximate surface area is 125 Å². The molecule has 0 radical (unpaired) electrons. The summed E-state index contributed by atoms with van der Waals surface area (Å²) in [6.07, 6.45) is 3.62. The zero-order valence-electron chi connectivity index (χ0n) is 12.4. The molecule has 4 nitrogen and oxygen atoms in total. The lowest BCUT2D eigenvalue weighted by atomic mass is 10.1. The van der Waals surface area contributed by atoms with Crippen molar-refractivity contribution >= 4 is 0 Å². The predicted molar refractivity (Wildman–Crippen MR) is 83.5 cm³/mol. The lowest BCUT2D eigenvalue weighted by Gasteiger charge is -2.07. The lowest BCUT2D eigenvalue weighted by molar-refractivity contribution is 0.299. The van der Waals surface area contributed by atoms with E-state index in [0.29, 0.717) is 12.3 Å². The van der Waals surface area contributed by atoms with Crippen molar-refractivity contribution in [1.82, 2.24) is 10.3 Å². The highest BCUT2D eigenvalue weighted by molar-refractivity contribution is 5.31. The van der Waals surface area contributed by atoms with Crippen LogP contribution < -0.4 is 10.1 Å². The molecule has 0 aliphatic carbocycles. The third kappa shape index (κ3) is 5.17. The number of aromatic nitrogens is 1. The molecule has 4 heteroatoms. The molecule has 21 heavy (non-hydrogen) atoms. The van der Waals surface area contributed by atoms with Crippen LogP contribution in [0.2, 0.25) is 0 Å². The van der Waals surface area contributed by atoms with Crippen LogP contribution in [0.1, 0.15) is 24.5 Å². The number of hydrogen-bond acceptors (Lipinski definition) is 4. The van der Waals surface area contributed by atoms with Crippen LogP contribution in [0, 0.1) is 0 Å². The van der Waals surface area contributed by atoms with Crippen molar-refractivity contribution in [3.8, 4) is 11.6 Å². The second-order valence-electron chi connectivity index (χ2n) is 4.90. The van der Waals surface area contributed by atoms with Gasteiger partial charge in [-0.15, -0.1) is 0 Å². The van der Waals surface area contributed by atoms with Crippen molar-refractivity contribution in [2.45, 2.75) is 26.3 Å². The molecule has 2 aromatic rings. The van der Waals surface area contributed by atoms with Crippen molar-refractivity contribution in [2.24, 2.45) is 0 Å². The molecule has 0 spiro atoms. The average Bonchev–Trinajstić information content (AvgIpc) is 2.51. The van der Waals surface area contributed by atoms with E-state index < -0.39 is 0 Å². The number of nitrogens with zero attached hydrogens (tertiary/aromatic N) is 1. The van der Waals surface area contributed by atoms with Crippen LogP contribution in [-0.2, 0) is 13.0 Å². The smallest absolute Gasteiger partial charge is 0.219 e. The number of pyridine rings is 1. The fourth-order valence-electron chi connectivity index (χ4n) is 1.96. The zero-order valence-corrected chi connectivity index (χ0v) is 12.4. The summed E-state index contributed by atoms with van der Waals surface area (Å²) >= 11 is 0. The van der Waals surface area contributed by atoms with Gasteiger partial charge < -0.3 is 15.2 Å². The summed E-state index contributed by atoms with van der Waals surface area (Å²) in [6, 6.07) is 11.6. The normalized spacial score (nSPS) is 10.6. The van der Waals surface area contributed by atoms with Gasteiger partial charge in [-0.05, 0) is 42.6 Å². The Morgan fingerprint density at radius 3 is 2.48 bits per heavy atom. The van der Waals surface area contributed by atoms with Gasteiger partial charge in [-0.3, -0.25) is 0 Å². The second kappa shape index (κ2) is 8.39. The molecule has 0 saturated heterocycles. The summed E-state index contributed by atoms with van der Waals surface area (Å²) in [7, 11) is 0. The van der Waals surface area contributed by atoms with Crippen LogP contribution >= 0.6 is 0 Å². The Balaban J connectivity index is 1.90. The molecule has 0 aliphatic heterocycles.